The summed E-state index contributed by atoms with van der Waals surface area (Å²) in [6, 6.07) is 6.11. The van der Waals surface area contributed by atoms with Crippen LogP contribution in [0.1, 0.15) is 13.8 Å². The number of hydrogen-bond donors (Lipinski definition) is 0. The summed E-state index contributed by atoms with van der Waals surface area (Å²) in [6.45, 7) is 4.33. The Morgan fingerprint density at radius 3 is 2.31 bits per heavy atom. The van der Waals surface area contributed by atoms with Gasteiger partial charge in [0, 0.05) is 14.8 Å². The minimum atomic E-state index is 0.830. The predicted molar refractivity (Wildman–Crippen MR) is 64.2 cm³/mol. The molecule has 1 aromatic rings. The molecule has 0 atom stereocenters. The normalized spacial score (nSPS) is 10.4. The van der Waals surface area contributed by atoms with Crippen molar-refractivity contribution in [3.05, 3.63) is 23.2 Å². The van der Waals surface area contributed by atoms with Gasteiger partial charge in [-0.3, -0.25) is 0 Å². The molecule has 0 unspecified atom stereocenters. The van der Waals surface area contributed by atoms with E-state index < -0.39 is 0 Å². The van der Waals surface area contributed by atoms with Gasteiger partial charge in [0.05, 0.1) is 0 Å². The summed E-state index contributed by atoms with van der Waals surface area (Å²) in [7, 11) is 0. The van der Waals surface area contributed by atoms with E-state index in [4.69, 9.17) is 11.6 Å². The van der Waals surface area contributed by atoms with Crippen LogP contribution in [0.15, 0.2) is 28.0 Å². The van der Waals surface area contributed by atoms with E-state index in [1.807, 2.05) is 35.7 Å². The first kappa shape index (κ1) is 11.3. The Hall–Kier alpha value is 0.210. The molecule has 0 nitrogen and oxygen atoms in total. The summed E-state index contributed by atoms with van der Waals surface area (Å²) in [5.41, 5.74) is 0. The molecule has 0 N–H and O–H groups in total. The fourth-order valence-corrected chi connectivity index (χ4v) is 3.02. The molecule has 0 aliphatic carbocycles. The lowest BCUT2D eigenvalue weighted by atomic mass is 10.4. The van der Waals surface area contributed by atoms with E-state index in [1.165, 1.54) is 9.79 Å². The average Bonchev–Trinajstić information content (AvgIpc) is 2.10. The van der Waals surface area contributed by atoms with Crippen LogP contribution in [-0.2, 0) is 0 Å². The van der Waals surface area contributed by atoms with Crippen LogP contribution < -0.4 is 0 Å². The van der Waals surface area contributed by atoms with Gasteiger partial charge in [0.25, 0.3) is 0 Å². The molecule has 0 aliphatic rings. The number of thioether (sulfide) groups is 2. The Morgan fingerprint density at radius 2 is 1.69 bits per heavy atom. The maximum atomic E-state index is 5.93. The van der Waals surface area contributed by atoms with Crippen molar-refractivity contribution in [2.75, 3.05) is 11.5 Å². The zero-order valence-corrected chi connectivity index (χ0v) is 10.2. The van der Waals surface area contributed by atoms with Gasteiger partial charge in [0.2, 0.25) is 0 Å². The molecule has 0 fully saturated rings. The first-order chi connectivity index (χ1) is 6.27. The summed E-state index contributed by atoms with van der Waals surface area (Å²) in [5.74, 6) is 2.20. The molecule has 0 saturated carbocycles. The van der Waals surface area contributed by atoms with Crippen LogP contribution in [0.4, 0.5) is 0 Å². The smallest absolute Gasteiger partial charge is 0.0417 e. The van der Waals surface area contributed by atoms with Crippen LogP contribution in [0.5, 0.6) is 0 Å². The van der Waals surface area contributed by atoms with Crippen LogP contribution in [0.25, 0.3) is 0 Å². The zero-order chi connectivity index (χ0) is 9.68. The monoisotopic (exact) mass is 232 g/mol. The third-order valence-corrected chi connectivity index (χ3v) is 3.76. The first-order valence-corrected chi connectivity index (χ1v) is 6.68. The lowest BCUT2D eigenvalue weighted by Crippen LogP contribution is -1.80. The van der Waals surface area contributed by atoms with Gasteiger partial charge in [0.15, 0.2) is 0 Å². The topological polar surface area (TPSA) is 0 Å². The second kappa shape index (κ2) is 5.84. The summed E-state index contributed by atoms with van der Waals surface area (Å²) >= 11 is 9.65. The molecule has 72 valence electrons. The minimum absolute atomic E-state index is 0.830. The van der Waals surface area contributed by atoms with Gasteiger partial charge in [0.1, 0.15) is 0 Å². The van der Waals surface area contributed by atoms with Crippen molar-refractivity contribution in [1.82, 2.24) is 0 Å². The minimum Gasteiger partial charge on any atom is -0.125 e. The SMILES string of the molecule is CCSc1ccc(Cl)cc1SCC. The summed E-state index contributed by atoms with van der Waals surface area (Å²) in [6.07, 6.45) is 0. The molecule has 0 aromatic heterocycles. The van der Waals surface area contributed by atoms with Crippen molar-refractivity contribution < 1.29 is 0 Å². The Morgan fingerprint density at radius 1 is 1.08 bits per heavy atom. The summed E-state index contributed by atoms with van der Waals surface area (Å²) in [5, 5.41) is 0.830. The van der Waals surface area contributed by atoms with Crippen LogP contribution in [0.3, 0.4) is 0 Å². The van der Waals surface area contributed by atoms with Gasteiger partial charge < -0.3 is 0 Å². The van der Waals surface area contributed by atoms with E-state index in [0.717, 1.165) is 16.5 Å². The lowest BCUT2D eigenvalue weighted by molar-refractivity contribution is 1.24. The summed E-state index contributed by atoms with van der Waals surface area (Å²) in [4.78, 5) is 2.65. The fourth-order valence-electron chi connectivity index (χ4n) is 1.02. The lowest BCUT2D eigenvalue weighted by Gasteiger charge is -2.06. The molecule has 0 saturated heterocycles. The molecule has 0 heterocycles. The highest BCUT2D eigenvalue weighted by Gasteiger charge is 2.02. The van der Waals surface area contributed by atoms with Crippen molar-refractivity contribution in [2.45, 2.75) is 23.6 Å². The van der Waals surface area contributed by atoms with Crippen LogP contribution in [0, 0.1) is 0 Å². The van der Waals surface area contributed by atoms with Gasteiger partial charge in [-0.15, -0.1) is 23.5 Å². The Bertz CT molecular complexity index is 274. The molecule has 0 amide bonds. The molecular formula is C10H13ClS2. The molecule has 0 spiro atoms. The maximum Gasteiger partial charge on any atom is 0.0417 e. The van der Waals surface area contributed by atoms with Crippen molar-refractivity contribution in [3.8, 4) is 0 Å². The highest BCUT2D eigenvalue weighted by Crippen LogP contribution is 2.32. The van der Waals surface area contributed by atoms with E-state index in [-0.39, 0.29) is 0 Å². The second-order valence-electron chi connectivity index (χ2n) is 2.46. The molecule has 1 rings (SSSR count). The standard InChI is InChI=1S/C10H13ClS2/c1-3-12-9-6-5-8(11)7-10(9)13-4-2/h5-7H,3-4H2,1-2H3. The zero-order valence-electron chi connectivity index (χ0n) is 7.84. The quantitative estimate of drug-likeness (QED) is 0.698. The van der Waals surface area contributed by atoms with Crippen LogP contribution in [0.2, 0.25) is 5.02 Å². The number of benzene rings is 1. The molecule has 0 aliphatic heterocycles. The van der Waals surface area contributed by atoms with E-state index in [0.29, 0.717) is 0 Å². The van der Waals surface area contributed by atoms with Gasteiger partial charge in [-0.2, -0.15) is 0 Å². The van der Waals surface area contributed by atoms with E-state index >= 15 is 0 Å². The second-order valence-corrected chi connectivity index (χ2v) is 5.51. The Kier molecular flexibility index (Phi) is 5.07. The molecule has 0 bridgehead atoms. The molecular weight excluding hydrogens is 220 g/mol. The fraction of sp³-hybridized carbons (Fsp3) is 0.400. The highest BCUT2D eigenvalue weighted by molar-refractivity contribution is 8.02. The van der Waals surface area contributed by atoms with Crippen molar-refractivity contribution >= 4 is 35.1 Å². The van der Waals surface area contributed by atoms with Gasteiger partial charge >= 0.3 is 0 Å². The first-order valence-electron chi connectivity index (χ1n) is 4.33. The third kappa shape index (κ3) is 3.45. The average molecular weight is 233 g/mol. The molecule has 1 aromatic carbocycles. The predicted octanol–water partition coefficient (Wildman–Crippen LogP) is 4.56. The van der Waals surface area contributed by atoms with Gasteiger partial charge in [-0.25, -0.2) is 0 Å². The molecule has 0 radical (unpaired) electrons. The molecule has 3 heteroatoms. The highest BCUT2D eigenvalue weighted by atomic mass is 35.5. The van der Waals surface area contributed by atoms with Gasteiger partial charge in [-0.1, -0.05) is 25.4 Å². The number of halogens is 1. The Labute approximate surface area is 93.4 Å². The van der Waals surface area contributed by atoms with Crippen molar-refractivity contribution in [2.24, 2.45) is 0 Å². The Balaban J connectivity index is 2.89. The van der Waals surface area contributed by atoms with E-state index in [1.54, 1.807) is 0 Å². The van der Waals surface area contributed by atoms with Crippen LogP contribution >= 0.6 is 35.1 Å². The van der Waals surface area contributed by atoms with Crippen molar-refractivity contribution in [3.63, 3.8) is 0 Å². The van der Waals surface area contributed by atoms with E-state index in [2.05, 4.69) is 19.9 Å². The maximum absolute atomic E-state index is 5.93. The number of rotatable bonds is 4. The molecule has 13 heavy (non-hydrogen) atoms. The van der Waals surface area contributed by atoms with Crippen LogP contribution in [-0.4, -0.2) is 11.5 Å². The third-order valence-electron chi connectivity index (χ3n) is 1.51. The summed E-state index contributed by atoms with van der Waals surface area (Å²) < 4.78 is 0. The van der Waals surface area contributed by atoms with Crippen molar-refractivity contribution in [1.29, 1.82) is 0 Å². The van der Waals surface area contributed by atoms with E-state index in [9.17, 15) is 0 Å². The largest absolute Gasteiger partial charge is 0.125 e. The number of hydrogen-bond acceptors (Lipinski definition) is 2. The van der Waals surface area contributed by atoms with Gasteiger partial charge in [-0.05, 0) is 29.7 Å².